The highest BCUT2D eigenvalue weighted by Crippen LogP contribution is 2.20. The third-order valence-corrected chi connectivity index (χ3v) is 5.98. The van der Waals surface area contributed by atoms with Crippen molar-refractivity contribution in [1.82, 2.24) is 9.88 Å². The van der Waals surface area contributed by atoms with Gasteiger partial charge in [-0.15, -0.1) is 11.3 Å². The molecule has 31 heavy (non-hydrogen) atoms. The van der Waals surface area contributed by atoms with Crippen molar-refractivity contribution in [2.24, 2.45) is 0 Å². The second-order valence-corrected chi connectivity index (χ2v) is 8.41. The second-order valence-electron chi connectivity index (χ2n) is 7.11. The summed E-state index contributed by atoms with van der Waals surface area (Å²) >= 11 is 7.21. The van der Waals surface area contributed by atoms with Gasteiger partial charge in [0.25, 0.3) is 0 Å². The van der Waals surface area contributed by atoms with E-state index in [1.165, 1.54) is 17.0 Å². The molecule has 0 saturated carbocycles. The minimum absolute atomic E-state index is 0.0490. The highest BCUT2D eigenvalue weighted by Gasteiger charge is 2.22. The molecule has 1 saturated heterocycles. The SMILES string of the molecule is O=C(Nc1cccc(Cl)c1)Nc1nc(CC(=O)N2CCN(c3ccccc3)CC2)cs1. The molecule has 3 aromatic rings. The summed E-state index contributed by atoms with van der Waals surface area (Å²) in [5.41, 5.74) is 2.42. The van der Waals surface area contributed by atoms with Crippen LogP contribution in [0.2, 0.25) is 5.02 Å². The molecule has 1 aliphatic rings. The molecule has 2 aromatic carbocycles. The maximum Gasteiger partial charge on any atom is 0.325 e. The number of urea groups is 1. The van der Waals surface area contributed by atoms with Crippen LogP contribution in [-0.4, -0.2) is 48.0 Å². The van der Waals surface area contributed by atoms with Crippen LogP contribution in [0.25, 0.3) is 0 Å². The topological polar surface area (TPSA) is 77.6 Å². The van der Waals surface area contributed by atoms with Crippen LogP contribution in [0.3, 0.4) is 0 Å². The van der Waals surface area contributed by atoms with Crippen LogP contribution >= 0.6 is 22.9 Å². The number of nitrogens with one attached hydrogen (secondary N) is 2. The van der Waals surface area contributed by atoms with Crippen molar-refractivity contribution in [2.75, 3.05) is 41.7 Å². The van der Waals surface area contributed by atoms with Crippen LogP contribution in [-0.2, 0) is 11.2 Å². The minimum atomic E-state index is -0.411. The number of benzene rings is 2. The van der Waals surface area contributed by atoms with Crippen molar-refractivity contribution in [3.05, 3.63) is 70.7 Å². The van der Waals surface area contributed by atoms with Crippen molar-refractivity contribution < 1.29 is 9.59 Å². The van der Waals surface area contributed by atoms with Gasteiger partial charge in [-0.1, -0.05) is 35.9 Å². The van der Waals surface area contributed by atoms with Crippen molar-refractivity contribution in [2.45, 2.75) is 6.42 Å². The van der Waals surface area contributed by atoms with E-state index in [4.69, 9.17) is 11.6 Å². The largest absolute Gasteiger partial charge is 0.368 e. The summed E-state index contributed by atoms with van der Waals surface area (Å²) < 4.78 is 0. The molecule has 0 spiro atoms. The van der Waals surface area contributed by atoms with E-state index < -0.39 is 6.03 Å². The number of hydrogen-bond donors (Lipinski definition) is 2. The lowest BCUT2D eigenvalue weighted by Gasteiger charge is -2.36. The first-order valence-electron chi connectivity index (χ1n) is 9.92. The van der Waals surface area contributed by atoms with Crippen molar-refractivity contribution in [3.63, 3.8) is 0 Å². The molecule has 2 N–H and O–H groups in total. The molecule has 0 unspecified atom stereocenters. The number of thiazole rings is 1. The average molecular weight is 456 g/mol. The lowest BCUT2D eigenvalue weighted by Crippen LogP contribution is -2.49. The Morgan fingerprint density at radius 1 is 1.00 bits per heavy atom. The van der Waals surface area contributed by atoms with E-state index in [9.17, 15) is 9.59 Å². The predicted octanol–water partition coefficient (Wildman–Crippen LogP) is 4.33. The van der Waals surface area contributed by atoms with Crippen LogP contribution in [0, 0.1) is 0 Å². The summed E-state index contributed by atoms with van der Waals surface area (Å²) in [6, 6.07) is 16.7. The quantitative estimate of drug-likeness (QED) is 0.600. The van der Waals surface area contributed by atoms with Gasteiger partial charge in [0.05, 0.1) is 12.1 Å². The molecule has 1 fully saturated rings. The Kier molecular flexibility index (Phi) is 6.69. The Labute approximate surface area is 189 Å². The lowest BCUT2D eigenvalue weighted by molar-refractivity contribution is -0.130. The highest BCUT2D eigenvalue weighted by molar-refractivity contribution is 7.14. The standard InChI is InChI=1S/C22H22ClN5O2S/c23-16-5-4-6-17(13-16)24-21(30)26-22-25-18(15-31-22)14-20(29)28-11-9-27(10-12-28)19-7-2-1-3-8-19/h1-8,13,15H,9-12,14H2,(H2,24,25,26,30). The fraction of sp³-hybridized carbons (Fsp3) is 0.227. The Morgan fingerprint density at radius 2 is 1.77 bits per heavy atom. The van der Waals surface area contributed by atoms with Crippen LogP contribution in [0.5, 0.6) is 0 Å². The molecule has 2 heterocycles. The Balaban J connectivity index is 1.26. The van der Waals surface area contributed by atoms with E-state index in [1.807, 2.05) is 23.1 Å². The van der Waals surface area contributed by atoms with Crippen LogP contribution in [0.4, 0.5) is 21.3 Å². The summed E-state index contributed by atoms with van der Waals surface area (Å²) in [6.07, 6.45) is 0.222. The van der Waals surface area contributed by atoms with E-state index in [2.05, 4.69) is 32.7 Å². The zero-order valence-corrected chi connectivity index (χ0v) is 18.3. The molecule has 0 aliphatic carbocycles. The van der Waals surface area contributed by atoms with E-state index in [1.54, 1.807) is 29.6 Å². The van der Waals surface area contributed by atoms with Gasteiger partial charge in [0, 0.05) is 48.0 Å². The number of halogens is 1. The third-order valence-electron chi connectivity index (χ3n) is 4.94. The maximum absolute atomic E-state index is 12.7. The lowest BCUT2D eigenvalue weighted by atomic mass is 10.2. The molecule has 9 heteroatoms. The molecular weight excluding hydrogens is 434 g/mol. The van der Waals surface area contributed by atoms with Gasteiger partial charge < -0.3 is 15.1 Å². The minimum Gasteiger partial charge on any atom is -0.368 e. The normalized spacial score (nSPS) is 13.7. The first-order chi connectivity index (χ1) is 15.1. The molecular formula is C22H22ClN5O2S. The van der Waals surface area contributed by atoms with Crippen LogP contribution in [0.1, 0.15) is 5.69 Å². The van der Waals surface area contributed by atoms with Crippen LogP contribution < -0.4 is 15.5 Å². The van der Waals surface area contributed by atoms with Crippen LogP contribution in [0.15, 0.2) is 60.0 Å². The number of carbonyl (C=O) groups is 2. The van der Waals surface area contributed by atoms with Gasteiger partial charge in [-0.3, -0.25) is 10.1 Å². The number of carbonyl (C=O) groups excluding carboxylic acids is 2. The molecule has 1 aliphatic heterocycles. The van der Waals surface area contributed by atoms with E-state index in [0.717, 1.165) is 13.1 Å². The number of para-hydroxylation sites is 1. The fourth-order valence-corrected chi connectivity index (χ4v) is 4.29. The zero-order chi connectivity index (χ0) is 21.6. The Bertz CT molecular complexity index is 1050. The fourth-order valence-electron chi connectivity index (χ4n) is 3.39. The number of piperazine rings is 1. The van der Waals surface area contributed by atoms with Crippen molar-refractivity contribution >= 4 is 51.4 Å². The number of hydrogen-bond acceptors (Lipinski definition) is 5. The van der Waals surface area contributed by atoms with Gasteiger partial charge in [0.15, 0.2) is 5.13 Å². The average Bonchev–Trinajstić information content (AvgIpc) is 3.21. The molecule has 3 amide bonds. The van der Waals surface area contributed by atoms with Gasteiger partial charge in [-0.05, 0) is 30.3 Å². The molecule has 4 rings (SSSR count). The highest BCUT2D eigenvalue weighted by atomic mass is 35.5. The Hall–Kier alpha value is -3.10. The summed E-state index contributed by atoms with van der Waals surface area (Å²) in [5, 5.41) is 8.17. The van der Waals surface area contributed by atoms with E-state index in [0.29, 0.717) is 34.6 Å². The van der Waals surface area contributed by atoms with Gasteiger partial charge >= 0.3 is 6.03 Å². The third kappa shape index (κ3) is 5.74. The number of anilines is 3. The predicted molar refractivity (Wildman–Crippen MR) is 125 cm³/mol. The number of aromatic nitrogens is 1. The monoisotopic (exact) mass is 455 g/mol. The molecule has 0 atom stereocenters. The molecule has 1 aromatic heterocycles. The molecule has 0 bridgehead atoms. The van der Waals surface area contributed by atoms with Gasteiger partial charge in [0.1, 0.15) is 0 Å². The smallest absolute Gasteiger partial charge is 0.325 e. The molecule has 0 radical (unpaired) electrons. The van der Waals surface area contributed by atoms with Crippen molar-refractivity contribution in [1.29, 1.82) is 0 Å². The molecule has 7 nitrogen and oxygen atoms in total. The summed E-state index contributed by atoms with van der Waals surface area (Å²) in [5.74, 6) is 0.0490. The zero-order valence-electron chi connectivity index (χ0n) is 16.8. The summed E-state index contributed by atoms with van der Waals surface area (Å²) in [7, 11) is 0. The van der Waals surface area contributed by atoms with Gasteiger partial charge in [0.2, 0.25) is 5.91 Å². The summed E-state index contributed by atoms with van der Waals surface area (Å²) in [4.78, 5) is 33.3. The first-order valence-corrected chi connectivity index (χ1v) is 11.2. The van der Waals surface area contributed by atoms with Gasteiger partial charge in [-0.25, -0.2) is 9.78 Å². The summed E-state index contributed by atoms with van der Waals surface area (Å²) in [6.45, 7) is 2.99. The first kappa shape index (κ1) is 21.1. The van der Waals surface area contributed by atoms with Crippen molar-refractivity contribution in [3.8, 4) is 0 Å². The number of amides is 3. The van der Waals surface area contributed by atoms with E-state index >= 15 is 0 Å². The van der Waals surface area contributed by atoms with Gasteiger partial charge in [-0.2, -0.15) is 0 Å². The van der Waals surface area contributed by atoms with E-state index in [-0.39, 0.29) is 12.3 Å². The second kappa shape index (κ2) is 9.80. The maximum atomic E-state index is 12.7. The Morgan fingerprint density at radius 3 is 2.52 bits per heavy atom. The number of nitrogens with zero attached hydrogens (tertiary/aromatic N) is 3. The number of rotatable bonds is 5. The molecule has 160 valence electrons.